The first-order valence-electron chi connectivity index (χ1n) is 5.68. The van der Waals surface area contributed by atoms with Crippen molar-refractivity contribution < 1.29 is 9.18 Å². The lowest BCUT2D eigenvalue weighted by atomic mass is 10.1. The van der Waals surface area contributed by atoms with E-state index < -0.39 is 0 Å². The number of rotatable bonds is 4. The number of carbonyl (C=O) groups excluding carboxylic acids is 1. The summed E-state index contributed by atoms with van der Waals surface area (Å²) >= 11 is 0. The Morgan fingerprint density at radius 2 is 1.94 bits per heavy atom. The number of hydrogen-bond donors (Lipinski definition) is 2. The number of nitrogens with two attached hydrogens (primary N) is 1. The second-order valence-corrected chi connectivity index (χ2v) is 4.50. The Kier molecular flexibility index (Phi) is 4.63. The summed E-state index contributed by atoms with van der Waals surface area (Å²) in [6, 6.07) is 3.34. The van der Waals surface area contributed by atoms with Crippen LogP contribution in [0.15, 0.2) is 12.1 Å². The van der Waals surface area contributed by atoms with E-state index in [1.165, 1.54) is 0 Å². The van der Waals surface area contributed by atoms with Gasteiger partial charge in [-0.2, -0.15) is 0 Å². The van der Waals surface area contributed by atoms with Crippen molar-refractivity contribution in [1.82, 2.24) is 5.32 Å². The zero-order valence-electron chi connectivity index (χ0n) is 10.5. The van der Waals surface area contributed by atoms with Gasteiger partial charge in [-0.1, -0.05) is 12.1 Å². The van der Waals surface area contributed by atoms with Gasteiger partial charge in [-0.15, -0.1) is 0 Å². The standard InChI is InChI=1S/C13H19FN2O/c1-8-4-11(5-9(2)13(8)14)7-16-12(17)6-10(3)15/h4-5,10H,6-7,15H2,1-3H3,(H,16,17). The molecule has 0 bridgehead atoms. The smallest absolute Gasteiger partial charge is 0.221 e. The first-order valence-corrected chi connectivity index (χ1v) is 5.68. The molecule has 0 saturated heterocycles. The Balaban J connectivity index is 2.61. The molecule has 0 aliphatic rings. The van der Waals surface area contributed by atoms with E-state index in [0.29, 0.717) is 24.1 Å². The minimum atomic E-state index is -0.185. The number of nitrogens with one attached hydrogen (secondary N) is 1. The molecule has 3 nitrogen and oxygen atoms in total. The van der Waals surface area contributed by atoms with Crippen LogP contribution in [0, 0.1) is 19.7 Å². The lowest BCUT2D eigenvalue weighted by Gasteiger charge is -2.09. The van der Waals surface area contributed by atoms with Crippen LogP contribution in [0.25, 0.3) is 0 Å². The first-order chi connectivity index (χ1) is 7.90. The highest BCUT2D eigenvalue weighted by molar-refractivity contribution is 5.76. The van der Waals surface area contributed by atoms with Gasteiger partial charge < -0.3 is 11.1 Å². The van der Waals surface area contributed by atoms with E-state index in [2.05, 4.69) is 5.32 Å². The van der Waals surface area contributed by atoms with Gasteiger partial charge in [0.05, 0.1) is 0 Å². The van der Waals surface area contributed by atoms with E-state index in [4.69, 9.17) is 5.73 Å². The van der Waals surface area contributed by atoms with Gasteiger partial charge in [0.1, 0.15) is 5.82 Å². The SMILES string of the molecule is Cc1cc(CNC(=O)CC(C)N)cc(C)c1F. The highest BCUT2D eigenvalue weighted by atomic mass is 19.1. The molecule has 0 heterocycles. The van der Waals surface area contributed by atoms with E-state index in [0.717, 1.165) is 5.56 Å². The van der Waals surface area contributed by atoms with Gasteiger partial charge in [-0.3, -0.25) is 4.79 Å². The van der Waals surface area contributed by atoms with Gasteiger partial charge in [-0.25, -0.2) is 4.39 Å². The predicted molar refractivity (Wildman–Crippen MR) is 66.0 cm³/mol. The maximum Gasteiger partial charge on any atom is 0.221 e. The third-order valence-corrected chi connectivity index (χ3v) is 2.49. The molecule has 17 heavy (non-hydrogen) atoms. The quantitative estimate of drug-likeness (QED) is 0.840. The molecule has 0 radical (unpaired) electrons. The third-order valence-electron chi connectivity index (χ3n) is 2.49. The maximum absolute atomic E-state index is 13.4. The molecule has 3 N–H and O–H groups in total. The first kappa shape index (κ1) is 13.6. The zero-order valence-corrected chi connectivity index (χ0v) is 10.5. The van der Waals surface area contributed by atoms with Crippen molar-refractivity contribution in [3.05, 3.63) is 34.6 Å². The summed E-state index contributed by atoms with van der Waals surface area (Å²) in [7, 11) is 0. The molecule has 0 saturated carbocycles. The largest absolute Gasteiger partial charge is 0.352 e. The van der Waals surface area contributed by atoms with Gasteiger partial charge in [0.25, 0.3) is 0 Å². The fourth-order valence-electron chi connectivity index (χ4n) is 1.70. The summed E-state index contributed by atoms with van der Waals surface area (Å²) in [5.41, 5.74) is 7.62. The van der Waals surface area contributed by atoms with E-state index in [1.807, 2.05) is 0 Å². The summed E-state index contributed by atoms with van der Waals surface area (Å²) in [6.07, 6.45) is 0.305. The van der Waals surface area contributed by atoms with Gasteiger partial charge in [-0.05, 0) is 37.5 Å². The molecule has 0 aromatic heterocycles. The summed E-state index contributed by atoms with van der Waals surface area (Å²) < 4.78 is 13.4. The highest BCUT2D eigenvalue weighted by Crippen LogP contribution is 2.14. The van der Waals surface area contributed by atoms with Crippen LogP contribution in [0.4, 0.5) is 4.39 Å². The van der Waals surface area contributed by atoms with Gasteiger partial charge in [0.2, 0.25) is 5.91 Å². The molecule has 0 aliphatic carbocycles. The lowest BCUT2D eigenvalue weighted by molar-refractivity contribution is -0.121. The summed E-state index contributed by atoms with van der Waals surface area (Å²) in [6.45, 7) is 5.63. The van der Waals surface area contributed by atoms with Crippen molar-refractivity contribution in [2.45, 2.75) is 39.8 Å². The van der Waals surface area contributed by atoms with Crippen LogP contribution in [-0.2, 0) is 11.3 Å². The number of carbonyl (C=O) groups is 1. The van der Waals surface area contributed by atoms with Gasteiger partial charge in [0, 0.05) is 19.0 Å². The topological polar surface area (TPSA) is 55.1 Å². The molecule has 0 fully saturated rings. The molecule has 1 atom stereocenters. The van der Waals surface area contributed by atoms with Crippen molar-refractivity contribution >= 4 is 5.91 Å². The van der Waals surface area contributed by atoms with Crippen molar-refractivity contribution in [3.8, 4) is 0 Å². The Hall–Kier alpha value is -1.42. The molecular weight excluding hydrogens is 219 g/mol. The minimum Gasteiger partial charge on any atom is -0.352 e. The van der Waals surface area contributed by atoms with Crippen LogP contribution in [-0.4, -0.2) is 11.9 Å². The molecular formula is C13H19FN2O. The predicted octanol–water partition coefficient (Wildman–Crippen LogP) is 1.80. The molecule has 1 amide bonds. The van der Waals surface area contributed by atoms with Gasteiger partial charge >= 0.3 is 0 Å². The monoisotopic (exact) mass is 238 g/mol. The number of aryl methyl sites for hydroxylation is 2. The van der Waals surface area contributed by atoms with E-state index in [1.54, 1.807) is 32.9 Å². The van der Waals surface area contributed by atoms with Crippen LogP contribution in [0.1, 0.15) is 30.0 Å². The number of hydrogen-bond acceptors (Lipinski definition) is 2. The molecule has 1 unspecified atom stereocenters. The van der Waals surface area contributed by atoms with Crippen molar-refractivity contribution in [2.24, 2.45) is 5.73 Å². The normalized spacial score (nSPS) is 12.3. The van der Waals surface area contributed by atoms with Crippen LogP contribution < -0.4 is 11.1 Å². The second kappa shape index (κ2) is 5.77. The molecule has 1 aromatic rings. The lowest BCUT2D eigenvalue weighted by Crippen LogP contribution is -2.29. The second-order valence-electron chi connectivity index (χ2n) is 4.50. The number of halogens is 1. The highest BCUT2D eigenvalue weighted by Gasteiger charge is 2.07. The van der Waals surface area contributed by atoms with Crippen LogP contribution >= 0.6 is 0 Å². The Morgan fingerprint density at radius 1 is 1.41 bits per heavy atom. The molecule has 4 heteroatoms. The fraction of sp³-hybridized carbons (Fsp3) is 0.462. The average molecular weight is 238 g/mol. The van der Waals surface area contributed by atoms with E-state index >= 15 is 0 Å². The van der Waals surface area contributed by atoms with E-state index in [9.17, 15) is 9.18 Å². The summed E-state index contributed by atoms with van der Waals surface area (Å²) in [4.78, 5) is 11.4. The van der Waals surface area contributed by atoms with Crippen LogP contribution in [0.2, 0.25) is 0 Å². The number of benzene rings is 1. The van der Waals surface area contributed by atoms with E-state index in [-0.39, 0.29) is 17.8 Å². The zero-order chi connectivity index (χ0) is 13.0. The molecule has 1 rings (SSSR count). The molecule has 0 spiro atoms. The van der Waals surface area contributed by atoms with Crippen LogP contribution in [0.3, 0.4) is 0 Å². The maximum atomic E-state index is 13.4. The molecule has 94 valence electrons. The summed E-state index contributed by atoms with van der Waals surface area (Å²) in [5, 5.41) is 2.76. The Bertz CT molecular complexity index is 393. The van der Waals surface area contributed by atoms with Crippen molar-refractivity contribution in [2.75, 3.05) is 0 Å². The molecule has 1 aromatic carbocycles. The van der Waals surface area contributed by atoms with Crippen LogP contribution in [0.5, 0.6) is 0 Å². The Labute approximate surface area is 101 Å². The number of amides is 1. The van der Waals surface area contributed by atoms with Crippen molar-refractivity contribution in [3.63, 3.8) is 0 Å². The third kappa shape index (κ3) is 4.15. The Morgan fingerprint density at radius 3 is 2.41 bits per heavy atom. The minimum absolute atomic E-state index is 0.0837. The van der Waals surface area contributed by atoms with Gasteiger partial charge in [0.15, 0.2) is 0 Å². The fourth-order valence-corrected chi connectivity index (χ4v) is 1.70. The van der Waals surface area contributed by atoms with Crippen molar-refractivity contribution in [1.29, 1.82) is 0 Å². The molecule has 0 aliphatic heterocycles. The summed E-state index contributed by atoms with van der Waals surface area (Å²) in [5.74, 6) is -0.268. The average Bonchev–Trinajstić information content (AvgIpc) is 2.22.